The molecular weight excluding hydrogens is 242 g/mol. The summed E-state index contributed by atoms with van der Waals surface area (Å²) in [5.41, 5.74) is 2.48. The lowest BCUT2D eigenvalue weighted by atomic mass is 10.2. The maximum Gasteiger partial charge on any atom is 0.249 e. The molecule has 0 aliphatic heterocycles. The maximum absolute atomic E-state index is 5.66. The highest BCUT2D eigenvalue weighted by molar-refractivity contribution is 5.55. The first-order valence-electron chi connectivity index (χ1n) is 6.43. The number of hydrogen-bond acceptors (Lipinski definition) is 6. The summed E-state index contributed by atoms with van der Waals surface area (Å²) < 4.78 is 5.66. The molecule has 1 N–H and O–H groups in total. The van der Waals surface area contributed by atoms with Crippen LogP contribution in [0.15, 0.2) is 10.5 Å². The Morgan fingerprint density at radius 2 is 1.95 bits per heavy atom. The number of aryl methyl sites for hydroxylation is 2. The van der Waals surface area contributed by atoms with Gasteiger partial charge in [0.05, 0.1) is 17.0 Å². The van der Waals surface area contributed by atoms with Crippen LogP contribution in [0.2, 0.25) is 0 Å². The first-order chi connectivity index (χ1) is 9.06. The number of nitrogens with zero attached hydrogens (tertiary/aromatic N) is 4. The van der Waals surface area contributed by atoms with E-state index in [1.165, 1.54) is 0 Å². The third-order valence-electron chi connectivity index (χ3n) is 2.69. The highest BCUT2D eigenvalue weighted by Gasteiger charge is 2.12. The normalized spacial score (nSPS) is 11.2. The third-order valence-corrected chi connectivity index (χ3v) is 2.69. The van der Waals surface area contributed by atoms with Gasteiger partial charge in [-0.05, 0) is 19.9 Å². The molecule has 0 fully saturated rings. The molecule has 102 valence electrons. The highest BCUT2D eigenvalue weighted by atomic mass is 16.4. The second-order valence-electron chi connectivity index (χ2n) is 4.84. The number of rotatable bonds is 5. The number of aromatic nitrogens is 4. The summed E-state index contributed by atoms with van der Waals surface area (Å²) in [5, 5.41) is 19.5. The molecule has 0 aliphatic rings. The van der Waals surface area contributed by atoms with Gasteiger partial charge in [-0.2, -0.15) is 10.2 Å². The second kappa shape index (κ2) is 5.88. The fraction of sp³-hybridized carbons (Fsp3) is 0.538. The Bertz CT molecular complexity index is 550. The molecule has 0 spiro atoms. The first kappa shape index (κ1) is 13.6. The van der Waals surface area contributed by atoms with Crippen LogP contribution in [0.5, 0.6) is 0 Å². The van der Waals surface area contributed by atoms with Gasteiger partial charge in [-0.3, -0.25) is 0 Å². The quantitative estimate of drug-likeness (QED) is 0.882. The molecule has 19 heavy (non-hydrogen) atoms. The Hall–Kier alpha value is -1.82. The topological polar surface area (TPSA) is 76.7 Å². The predicted molar refractivity (Wildman–Crippen MR) is 71.6 cm³/mol. The lowest BCUT2D eigenvalue weighted by Gasteiger charge is -2.04. The van der Waals surface area contributed by atoms with Crippen molar-refractivity contribution in [1.29, 1.82) is 0 Å². The SMILES string of the molecule is Cc1cc(-c2nnc(CCNC(C)C)o2)c(C)nn1. The van der Waals surface area contributed by atoms with E-state index < -0.39 is 0 Å². The van der Waals surface area contributed by atoms with Gasteiger partial charge in [0.15, 0.2) is 0 Å². The van der Waals surface area contributed by atoms with Crippen LogP contribution in [0.3, 0.4) is 0 Å². The zero-order chi connectivity index (χ0) is 13.8. The summed E-state index contributed by atoms with van der Waals surface area (Å²) in [4.78, 5) is 0. The van der Waals surface area contributed by atoms with Crippen LogP contribution in [0.4, 0.5) is 0 Å². The van der Waals surface area contributed by atoms with Gasteiger partial charge in [-0.15, -0.1) is 10.2 Å². The molecule has 0 saturated carbocycles. The van der Waals surface area contributed by atoms with E-state index in [0.717, 1.165) is 29.9 Å². The van der Waals surface area contributed by atoms with E-state index >= 15 is 0 Å². The Labute approximate surface area is 112 Å². The van der Waals surface area contributed by atoms with Crippen molar-refractivity contribution in [2.24, 2.45) is 0 Å². The molecule has 6 heteroatoms. The van der Waals surface area contributed by atoms with Gasteiger partial charge in [0, 0.05) is 19.0 Å². The molecule has 2 aromatic heterocycles. The van der Waals surface area contributed by atoms with Gasteiger partial charge in [0.25, 0.3) is 0 Å². The molecule has 0 aromatic carbocycles. The molecule has 0 unspecified atom stereocenters. The molecule has 2 aromatic rings. The van der Waals surface area contributed by atoms with Crippen LogP contribution in [0.1, 0.15) is 31.1 Å². The minimum absolute atomic E-state index is 0.455. The monoisotopic (exact) mass is 261 g/mol. The van der Waals surface area contributed by atoms with Crippen molar-refractivity contribution in [2.45, 2.75) is 40.2 Å². The molecule has 2 heterocycles. The minimum atomic E-state index is 0.455. The fourth-order valence-electron chi connectivity index (χ4n) is 1.70. The van der Waals surface area contributed by atoms with Gasteiger partial charge in [0.1, 0.15) is 0 Å². The predicted octanol–water partition coefficient (Wildman–Crippen LogP) is 1.68. The van der Waals surface area contributed by atoms with Crippen LogP contribution in [0.25, 0.3) is 11.5 Å². The van der Waals surface area contributed by atoms with E-state index in [1.807, 2.05) is 19.9 Å². The van der Waals surface area contributed by atoms with Gasteiger partial charge >= 0.3 is 0 Å². The van der Waals surface area contributed by atoms with Crippen molar-refractivity contribution < 1.29 is 4.42 Å². The molecule has 0 radical (unpaired) electrons. The number of nitrogens with one attached hydrogen (secondary N) is 1. The largest absolute Gasteiger partial charge is 0.421 e. The van der Waals surface area contributed by atoms with Crippen LogP contribution < -0.4 is 5.32 Å². The highest BCUT2D eigenvalue weighted by Crippen LogP contribution is 2.20. The van der Waals surface area contributed by atoms with Gasteiger partial charge < -0.3 is 9.73 Å². The van der Waals surface area contributed by atoms with E-state index in [9.17, 15) is 0 Å². The maximum atomic E-state index is 5.66. The summed E-state index contributed by atoms with van der Waals surface area (Å²) in [7, 11) is 0. The van der Waals surface area contributed by atoms with Crippen molar-refractivity contribution in [1.82, 2.24) is 25.7 Å². The lowest BCUT2D eigenvalue weighted by molar-refractivity contribution is 0.484. The van der Waals surface area contributed by atoms with E-state index in [4.69, 9.17) is 4.42 Å². The molecule has 0 amide bonds. The van der Waals surface area contributed by atoms with Crippen molar-refractivity contribution in [2.75, 3.05) is 6.54 Å². The smallest absolute Gasteiger partial charge is 0.249 e. The average Bonchev–Trinajstić information content (AvgIpc) is 2.80. The summed E-state index contributed by atoms with van der Waals surface area (Å²) >= 11 is 0. The van der Waals surface area contributed by atoms with Crippen molar-refractivity contribution in [3.8, 4) is 11.5 Å². The second-order valence-corrected chi connectivity index (χ2v) is 4.84. The summed E-state index contributed by atoms with van der Waals surface area (Å²) in [6, 6.07) is 2.36. The van der Waals surface area contributed by atoms with Crippen molar-refractivity contribution in [3.63, 3.8) is 0 Å². The molecule has 0 aliphatic carbocycles. The summed E-state index contributed by atoms with van der Waals surface area (Å²) in [6.07, 6.45) is 0.724. The minimum Gasteiger partial charge on any atom is -0.421 e. The Morgan fingerprint density at radius 1 is 1.16 bits per heavy atom. The zero-order valence-corrected chi connectivity index (χ0v) is 11.8. The third kappa shape index (κ3) is 3.57. The van der Waals surface area contributed by atoms with Crippen LogP contribution in [-0.4, -0.2) is 33.0 Å². The van der Waals surface area contributed by atoms with E-state index in [0.29, 0.717) is 17.8 Å². The van der Waals surface area contributed by atoms with E-state index in [2.05, 4.69) is 39.6 Å². The lowest BCUT2D eigenvalue weighted by Crippen LogP contribution is -2.25. The van der Waals surface area contributed by atoms with Crippen molar-refractivity contribution >= 4 is 0 Å². The Morgan fingerprint density at radius 3 is 2.68 bits per heavy atom. The number of hydrogen-bond donors (Lipinski definition) is 1. The van der Waals surface area contributed by atoms with Gasteiger partial charge in [-0.1, -0.05) is 13.8 Å². The van der Waals surface area contributed by atoms with Gasteiger partial charge in [-0.25, -0.2) is 0 Å². The van der Waals surface area contributed by atoms with Crippen LogP contribution in [-0.2, 0) is 6.42 Å². The molecule has 6 nitrogen and oxygen atoms in total. The molecule has 0 bridgehead atoms. The fourth-order valence-corrected chi connectivity index (χ4v) is 1.70. The molecular formula is C13H19N5O. The standard InChI is InChI=1S/C13H19N5O/c1-8(2)14-6-5-12-17-18-13(19-12)11-7-9(3)15-16-10(11)4/h7-8,14H,5-6H2,1-4H3. The Balaban J connectivity index is 2.10. The summed E-state index contributed by atoms with van der Waals surface area (Å²) in [6.45, 7) is 8.81. The zero-order valence-electron chi connectivity index (χ0n) is 11.8. The van der Waals surface area contributed by atoms with E-state index in [1.54, 1.807) is 0 Å². The molecule has 0 atom stereocenters. The molecule has 2 rings (SSSR count). The average molecular weight is 261 g/mol. The summed E-state index contributed by atoms with van der Waals surface area (Å²) in [5.74, 6) is 1.15. The van der Waals surface area contributed by atoms with Crippen molar-refractivity contribution in [3.05, 3.63) is 23.3 Å². The first-order valence-corrected chi connectivity index (χ1v) is 6.43. The van der Waals surface area contributed by atoms with E-state index in [-0.39, 0.29) is 0 Å². The van der Waals surface area contributed by atoms with Crippen LogP contribution >= 0.6 is 0 Å². The Kier molecular flexibility index (Phi) is 4.21. The van der Waals surface area contributed by atoms with Crippen LogP contribution in [0, 0.1) is 13.8 Å². The van der Waals surface area contributed by atoms with Gasteiger partial charge in [0.2, 0.25) is 11.8 Å². The molecule has 0 saturated heterocycles.